The number of aromatic nitrogens is 2. The van der Waals surface area contributed by atoms with E-state index in [1.54, 1.807) is 12.0 Å². The number of ether oxygens (including phenoxy) is 1. The summed E-state index contributed by atoms with van der Waals surface area (Å²) in [5.41, 5.74) is 5.24. The lowest BCUT2D eigenvalue weighted by Gasteiger charge is -2.10. The Hall–Kier alpha value is -2.48. The minimum atomic E-state index is 0.606. The van der Waals surface area contributed by atoms with E-state index in [1.807, 2.05) is 6.07 Å². The normalized spacial score (nSPS) is 13.2. The third-order valence-corrected chi connectivity index (χ3v) is 3.72. The Morgan fingerprint density at radius 3 is 3.00 bits per heavy atom. The lowest BCUT2D eigenvalue weighted by molar-refractivity contribution is 0.410. The van der Waals surface area contributed by atoms with Crippen molar-refractivity contribution in [3.8, 4) is 23.2 Å². The molecule has 3 rings (SSSR count). The Balaban J connectivity index is 2.09. The van der Waals surface area contributed by atoms with E-state index in [0.717, 1.165) is 34.7 Å². The van der Waals surface area contributed by atoms with Crippen LogP contribution >= 0.6 is 0 Å². The molecular weight excluding hydrogens is 252 g/mol. The fraction of sp³-hybridized carbons (Fsp3) is 0.333. The molecule has 20 heavy (non-hydrogen) atoms. The van der Waals surface area contributed by atoms with Crippen LogP contribution in [0.5, 0.6) is 5.75 Å². The summed E-state index contributed by atoms with van der Waals surface area (Å²) in [5.74, 6) is 0.812. The quantitative estimate of drug-likeness (QED) is 0.868. The molecule has 0 bridgehead atoms. The van der Waals surface area contributed by atoms with Crippen LogP contribution in [0.4, 0.5) is 0 Å². The topological polar surface area (TPSA) is 64.9 Å². The van der Waals surface area contributed by atoms with Gasteiger partial charge in [0, 0.05) is 11.1 Å². The Labute approximate surface area is 117 Å². The van der Waals surface area contributed by atoms with Gasteiger partial charge in [0.2, 0.25) is 0 Å². The molecule has 5 heteroatoms. The molecule has 0 unspecified atom stereocenters. The van der Waals surface area contributed by atoms with E-state index in [4.69, 9.17) is 10.00 Å². The highest BCUT2D eigenvalue weighted by atomic mass is 16.5. The molecule has 0 amide bonds. The molecule has 2 aromatic rings. The molecule has 0 saturated carbocycles. The molecule has 0 aliphatic carbocycles. The largest absolute Gasteiger partial charge is 0.496 e. The lowest BCUT2D eigenvalue weighted by atomic mass is 10.0. The van der Waals surface area contributed by atoms with Crippen LogP contribution in [0.2, 0.25) is 0 Å². The first kappa shape index (κ1) is 12.5. The maximum Gasteiger partial charge on any atom is 0.180 e. The highest BCUT2D eigenvalue weighted by molar-refractivity contribution is 5.72. The van der Waals surface area contributed by atoms with Crippen LogP contribution < -0.4 is 4.74 Å². The van der Waals surface area contributed by atoms with Gasteiger partial charge in [0.05, 0.1) is 25.9 Å². The highest BCUT2D eigenvalue weighted by Gasteiger charge is 2.26. The van der Waals surface area contributed by atoms with Crippen LogP contribution in [0.25, 0.3) is 11.3 Å². The summed E-state index contributed by atoms with van der Waals surface area (Å²) in [6.07, 6.45) is 3.15. The van der Waals surface area contributed by atoms with E-state index in [2.05, 4.69) is 35.4 Å². The Kier molecular flexibility index (Phi) is 3.07. The summed E-state index contributed by atoms with van der Waals surface area (Å²) in [4.78, 5) is 1.71. The Morgan fingerprint density at radius 1 is 1.45 bits per heavy atom. The fourth-order valence-electron chi connectivity index (χ4n) is 2.59. The van der Waals surface area contributed by atoms with E-state index in [0.29, 0.717) is 13.1 Å². The van der Waals surface area contributed by atoms with Crippen molar-refractivity contribution in [2.24, 2.45) is 0 Å². The number of H-pyrrole nitrogens is 1. The van der Waals surface area contributed by atoms with Crippen LogP contribution in [0.3, 0.4) is 0 Å². The molecule has 1 aromatic heterocycles. The van der Waals surface area contributed by atoms with Crippen molar-refractivity contribution in [1.82, 2.24) is 15.1 Å². The molecular formula is C15H16N4O. The second-order valence-corrected chi connectivity index (χ2v) is 4.87. The molecule has 2 heterocycles. The average Bonchev–Trinajstić information content (AvgIpc) is 3.06. The first-order valence-electron chi connectivity index (χ1n) is 6.65. The number of fused-ring (bicyclic) bond motifs is 1. The summed E-state index contributed by atoms with van der Waals surface area (Å²) in [7, 11) is 1.67. The van der Waals surface area contributed by atoms with Crippen LogP contribution in [-0.2, 0) is 19.5 Å². The number of hydrogen-bond donors (Lipinski definition) is 1. The summed E-state index contributed by atoms with van der Waals surface area (Å²) in [6.45, 7) is 3.34. The van der Waals surface area contributed by atoms with Crippen molar-refractivity contribution in [1.29, 1.82) is 5.26 Å². The van der Waals surface area contributed by atoms with E-state index >= 15 is 0 Å². The Bertz CT molecular complexity index is 684. The number of benzene rings is 1. The predicted octanol–water partition coefficient (Wildman–Crippen LogP) is 2.44. The Morgan fingerprint density at radius 2 is 2.30 bits per heavy atom. The van der Waals surface area contributed by atoms with E-state index in [9.17, 15) is 0 Å². The van der Waals surface area contributed by atoms with Crippen LogP contribution in [0.15, 0.2) is 18.2 Å². The standard InChI is InChI=1S/C15H16N4O/c1-3-10-4-5-14(20-2)11(6-10)15-12-7-19(9-16)8-13(12)17-18-15/h4-6H,3,7-8H2,1-2H3,(H,17,18). The highest BCUT2D eigenvalue weighted by Crippen LogP contribution is 2.36. The second-order valence-electron chi connectivity index (χ2n) is 4.87. The van der Waals surface area contributed by atoms with Gasteiger partial charge in [-0.05, 0) is 24.1 Å². The first-order chi connectivity index (χ1) is 9.76. The van der Waals surface area contributed by atoms with Crippen LogP contribution in [0, 0.1) is 11.5 Å². The van der Waals surface area contributed by atoms with Crippen molar-refractivity contribution in [2.75, 3.05) is 7.11 Å². The zero-order chi connectivity index (χ0) is 14.1. The summed E-state index contributed by atoms with van der Waals surface area (Å²) < 4.78 is 5.45. The minimum absolute atomic E-state index is 0.606. The van der Waals surface area contributed by atoms with Gasteiger partial charge in [0.15, 0.2) is 6.19 Å². The summed E-state index contributed by atoms with van der Waals surface area (Å²) in [5, 5.41) is 16.5. The zero-order valence-electron chi connectivity index (χ0n) is 11.6. The molecule has 0 saturated heterocycles. The van der Waals surface area contributed by atoms with Gasteiger partial charge in [-0.25, -0.2) is 0 Å². The molecule has 0 fully saturated rings. The van der Waals surface area contributed by atoms with Crippen molar-refractivity contribution in [3.63, 3.8) is 0 Å². The summed E-state index contributed by atoms with van der Waals surface area (Å²) in [6, 6.07) is 6.16. The lowest BCUT2D eigenvalue weighted by Crippen LogP contribution is -2.08. The van der Waals surface area contributed by atoms with Gasteiger partial charge in [0.1, 0.15) is 11.4 Å². The van der Waals surface area contributed by atoms with Crippen LogP contribution in [-0.4, -0.2) is 22.2 Å². The van der Waals surface area contributed by atoms with Crippen molar-refractivity contribution in [3.05, 3.63) is 35.0 Å². The molecule has 1 aliphatic heterocycles. The van der Waals surface area contributed by atoms with Crippen LogP contribution in [0.1, 0.15) is 23.7 Å². The third-order valence-electron chi connectivity index (χ3n) is 3.72. The number of nitrogens with zero attached hydrogens (tertiary/aromatic N) is 3. The SMILES string of the molecule is CCc1ccc(OC)c(-c2n[nH]c3c2CN(C#N)C3)c1. The number of hydrogen-bond acceptors (Lipinski definition) is 4. The number of rotatable bonds is 3. The number of methoxy groups -OCH3 is 1. The van der Waals surface area contributed by atoms with E-state index in [-0.39, 0.29) is 0 Å². The second kappa shape index (κ2) is 4.89. The first-order valence-corrected chi connectivity index (χ1v) is 6.65. The monoisotopic (exact) mass is 268 g/mol. The molecule has 1 aromatic carbocycles. The third kappa shape index (κ3) is 1.90. The summed E-state index contributed by atoms with van der Waals surface area (Å²) >= 11 is 0. The van der Waals surface area contributed by atoms with Gasteiger partial charge in [-0.2, -0.15) is 10.4 Å². The number of nitrogens with one attached hydrogen (secondary N) is 1. The van der Waals surface area contributed by atoms with E-state index in [1.165, 1.54) is 5.56 Å². The average molecular weight is 268 g/mol. The van der Waals surface area contributed by atoms with Gasteiger partial charge in [0.25, 0.3) is 0 Å². The fourth-order valence-corrected chi connectivity index (χ4v) is 2.59. The van der Waals surface area contributed by atoms with Gasteiger partial charge in [-0.3, -0.25) is 5.10 Å². The smallest absolute Gasteiger partial charge is 0.180 e. The maximum atomic E-state index is 9.02. The van der Waals surface area contributed by atoms with Gasteiger partial charge < -0.3 is 9.64 Å². The maximum absolute atomic E-state index is 9.02. The van der Waals surface area contributed by atoms with Gasteiger partial charge in [-0.1, -0.05) is 13.0 Å². The van der Waals surface area contributed by atoms with Gasteiger partial charge in [-0.15, -0.1) is 0 Å². The minimum Gasteiger partial charge on any atom is -0.496 e. The molecule has 0 atom stereocenters. The predicted molar refractivity (Wildman–Crippen MR) is 74.8 cm³/mol. The van der Waals surface area contributed by atoms with E-state index < -0.39 is 0 Å². The zero-order valence-corrected chi connectivity index (χ0v) is 11.6. The number of aromatic amines is 1. The molecule has 1 aliphatic rings. The number of nitriles is 1. The number of aryl methyl sites for hydroxylation is 1. The van der Waals surface area contributed by atoms with Crippen molar-refractivity contribution < 1.29 is 4.74 Å². The van der Waals surface area contributed by atoms with Crippen molar-refractivity contribution in [2.45, 2.75) is 26.4 Å². The molecule has 0 spiro atoms. The van der Waals surface area contributed by atoms with Gasteiger partial charge >= 0.3 is 0 Å². The molecule has 1 N–H and O–H groups in total. The molecule has 0 radical (unpaired) electrons. The molecule has 5 nitrogen and oxygen atoms in total. The van der Waals surface area contributed by atoms with Crippen molar-refractivity contribution >= 4 is 0 Å². The molecule has 102 valence electrons.